The lowest BCUT2D eigenvalue weighted by molar-refractivity contribution is -0.368. The third-order valence-electron chi connectivity index (χ3n) is 3.25. The van der Waals surface area contributed by atoms with E-state index in [0.717, 1.165) is 25.8 Å². The maximum Gasteiger partial charge on any atom is 0.265 e. The predicted molar refractivity (Wildman–Crippen MR) is 66.7 cm³/mol. The molecule has 0 aromatic heterocycles. The number of phosphoric ester groups is 1. The normalized spacial score (nSPS) is 22.5. The van der Waals surface area contributed by atoms with E-state index in [1.165, 1.54) is 0 Å². The van der Waals surface area contributed by atoms with Crippen LogP contribution in [0.3, 0.4) is 0 Å². The van der Waals surface area contributed by atoms with Crippen LogP contribution >= 0.6 is 7.82 Å². The van der Waals surface area contributed by atoms with Gasteiger partial charge in [-0.2, -0.15) is 0 Å². The summed E-state index contributed by atoms with van der Waals surface area (Å²) in [5.74, 6) is 0.0964. The molecule has 0 saturated carbocycles. The van der Waals surface area contributed by atoms with Crippen molar-refractivity contribution >= 4 is 13.7 Å². The Morgan fingerprint density at radius 2 is 2.21 bits per heavy atom. The van der Waals surface area contributed by atoms with Crippen LogP contribution in [0.5, 0.6) is 0 Å². The molecule has 0 bridgehead atoms. The fourth-order valence-electron chi connectivity index (χ4n) is 2.18. The number of nitrogens with zero attached hydrogens (tertiary/aromatic N) is 1. The van der Waals surface area contributed by atoms with Gasteiger partial charge in [0.05, 0.1) is 13.2 Å². The first kappa shape index (κ1) is 16.6. The average Bonchev–Trinajstić information content (AvgIpc) is 2.80. The molecule has 1 amide bonds. The summed E-state index contributed by atoms with van der Waals surface area (Å²) in [6.45, 7) is 1.99. The number of carbonyl (C=O) groups is 1. The molecule has 19 heavy (non-hydrogen) atoms. The molecule has 2 unspecified atom stereocenters. The number of phosphoric acid groups is 1. The van der Waals surface area contributed by atoms with E-state index in [-0.39, 0.29) is 18.4 Å². The predicted octanol–water partition coefficient (Wildman–Crippen LogP) is -0.885. The lowest BCUT2D eigenvalue weighted by Crippen LogP contribution is -2.50. The molecule has 0 aliphatic carbocycles. The summed E-state index contributed by atoms with van der Waals surface area (Å²) in [5, 5.41) is 0. The Kier molecular flexibility index (Phi) is 6.96. The van der Waals surface area contributed by atoms with Gasteiger partial charge in [0.25, 0.3) is 7.82 Å². The fourth-order valence-corrected chi connectivity index (χ4v) is 2.58. The monoisotopic (exact) mass is 294 g/mol. The molecule has 0 aromatic carbocycles. The van der Waals surface area contributed by atoms with Gasteiger partial charge in [0.1, 0.15) is 0 Å². The third kappa shape index (κ3) is 7.03. The van der Waals surface area contributed by atoms with Crippen LogP contribution in [-0.2, 0) is 13.9 Å². The second kappa shape index (κ2) is 7.97. The highest BCUT2D eigenvalue weighted by molar-refractivity contribution is 7.44. The molecule has 0 aromatic rings. The van der Waals surface area contributed by atoms with Gasteiger partial charge < -0.3 is 24.9 Å². The van der Waals surface area contributed by atoms with Crippen molar-refractivity contribution < 1.29 is 29.4 Å². The van der Waals surface area contributed by atoms with E-state index < -0.39 is 7.82 Å². The molecule has 1 fully saturated rings. The lowest BCUT2D eigenvalue weighted by atomic mass is 10.1. The smallest absolute Gasteiger partial charge is 0.265 e. The number of rotatable bonds is 8. The van der Waals surface area contributed by atoms with Crippen LogP contribution in [0.2, 0.25) is 0 Å². The van der Waals surface area contributed by atoms with Crippen LogP contribution in [0.4, 0.5) is 0 Å². The molecule has 8 heteroatoms. The summed E-state index contributed by atoms with van der Waals surface area (Å²) < 4.78 is 14.8. The summed E-state index contributed by atoms with van der Waals surface area (Å²) in [7, 11) is -4.65. The average molecular weight is 294 g/mol. The summed E-state index contributed by atoms with van der Waals surface area (Å²) in [5.41, 5.74) is 3.75. The van der Waals surface area contributed by atoms with Gasteiger partial charge in [-0.25, -0.2) is 0 Å². The van der Waals surface area contributed by atoms with Crippen molar-refractivity contribution in [2.75, 3.05) is 26.2 Å². The van der Waals surface area contributed by atoms with Gasteiger partial charge in [-0.3, -0.25) is 9.36 Å². The van der Waals surface area contributed by atoms with Gasteiger partial charge in [0.2, 0.25) is 5.91 Å². The van der Waals surface area contributed by atoms with Gasteiger partial charge in [0, 0.05) is 25.4 Å². The first-order valence-corrected chi connectivity index (χ1v) is 8.17. The van der Waals surface area contributed by atoms with Crippen molar-refractivity contribution in [1.82, 2.24) is 4.90 Å². The van der Waals surface area contributed by atoms with Gasteiger partial charge in [-0.1, -0.05) is 0 Å². The molecule has 112 valence electrons. The van der Waals surface area contributed by atoms with Gasteiger partial charge in [0.15, 0.2) is 0 Å². The summed E-state index contributed by atoms with van der Waals surface area (Å²) >= 11 is 0. The molecule has 1 aliphatic rings. The van der Waals surface area contributed by atoms with Crippen LogP contribution in [0.1, 0.15) is 32.1 Å². The lowest BCUT2D eigenvalue weighted by Gasteiger charge is -2.19. The quantitative estimate of drug-likeness (QED) is 0.445. The van der Waals surface area contributed by atoms with Crippen LogP contribution in [0.25, 0.3) is 0 Å². The van der Waals surface area contributed by atoms with Gasteiger partial charge in [-0.15, -0.1) is 0 Å². The molecule has 0 radical (unpaired) electrons. The highest BCUT2D eigenvalue weighted by atomic mass is 31.2. The van der Waals surface area contributed by atoms with Crippen molar-refractivity contribution in [2.45, 2.75) is 32.1 Å². The van der Waals surface area contributed by atoms with Crippen molar-refractivity contribution in [2.24, 2.45) is 5.92 Å². The maximum atomic E-state index is 11.9. The first-order chi connectivity index (χ1) is 8.92. The van der Waals surface area contributed by atoms with E-state index in [1.54, 1.807) is 4.90 Å². The Hall–Kier alpha value is -0.460. The van der Waals surface area contributed by atoms with Crippen LogP contribution in [-0.4, -0.2) is 41.9 Å². The number of hydrogen-bond acceptors (Lipinski definition) is 4. The summed E-state index contributed by atoms with van der Waals surface area (Å²) in [6, 6.07) is 0. The van der Waals surface area contributed by atoms with E-state index >= 15 is 0 Å². The Balaban J connectivity index is 2.20. The minimum atomic E-state index is -4.65. The number of quaternary nitrogens is 1. The Bertz CT molecular complexity index is 333. The van der Waals surface area contributed by atoms with E-state index in [1.807, 2.05) is 0 Å². The number of unbranched alkanes of at least 4 members (excludes halogenated alkanes) is 2. The molecule has 0 spiro atoms. The van der Waals surface area contributed by atoms with E-state index in [9.17, 15) is 14.3 Å². The van der Waals surface area contributed by atoms with E-state index in [2.05, 4.69) is 10.3 Å². The molecule has 1 saturated heterocycles. The van der Waals surface area contributed by atoms with Crippen LogP contribution in [0, 0.1) is 5.92 Å². The number of carbonyl (C=O) groups excluding carboxylic acids is 1. The van der Waals surface area contributed by atoms with E-state index in [4.69, 9.17) is 4.89 Å². The second-order valence-corrected chi connectivity index (χ2v) is 6.12. The Labute approximate surface area is 113 Å². The van der Waals surface area contributed by atoms with E-state index in [0.29, 0.717) is 25.9 Å². The zero-order valence-electron chi connectivity index (χ0n) is 11.1. The highest BCUT2D eigenvalue weighted by Crippen LogP contribution is 2.32. The van der Waals surface area contributed by atoms with Crippen molar-refractivity contribution in [3.05, 3.63) is 0 Å². The minimum absolute atomic E-state index is 0.0155. The van der Waals surface area contributed by atoms with Crippen molar-refractivity contribution in [3.8, 4) is 0 Å². The Morgan fingerprint density at radius 3 is 2.84 bits per heavy atom. The topological polar surface area (TPSA) is 118 Å². The zero-order chi connectivity index (χ0) is 14.3. The third-order valence-corrected chi connectivity index (χ3v) is 3.73. The Morgan fingerprint density at radius 1 is 1.47 bits per heavy atom. The zero-order valence-corrected chi connectivity index (χ0v) is 12.0. The molecule has 2 atom stereocenters. The van der Waals surface area contributed by atoms with Gasteiger partial charge >= 0.3 is 0 Å². The maximum absolute atomic E-state index is 11.9. The molecule has 7 nitrogen and oxygen atoms in total. The molecular weight excluding hydrogens is 271 g/mol. The SMILES string of the molecule is [NH3+]CCCCCC(=O)N1CCC(COP(=O)([O-])O)C1. The highest BCUT2D eigenvalue weighted by Gasteiger charge is 2.26. The summed E-state index contributed by atoms with van der Waals surface area (Å²) in [4.78, 5) is 32.6. The summed E-state index contributed by atoms with van der Waals surface area (Å²) in [6.07, 6.45) is 4.18. The van der Waals surface area contributed by atoms with Crippen molar-refractivity contribution in [3.63, 3.8) is 0 Å². The molecule has 1 rings (SSSR count). The van der Waals surface area contributed by atoms with Crippen LogP contribution in [0.15, 0.2) is 0 Å². The minimum Gasteiger partial charge on any atom is -0.756 e. The number of hydrogen-bond donors (Lipinski definition) is 2. The molecule has 1 heterocycles. The van der Waals surface area contributed by atoms with Gasteiger partial charge in [-0.05, 0) is 25.7 Å². The fraction of sp³-hybridized carbons (Fsp3) is 0.909. The first-order valence-electron chi connectivity index (χ1n) is 6.67. The molecule has 4 N–H and O–H groups in total. The number of likely N-dealkylation sites (tertiary alicyclic amines) is 1. The standard InChI is InChI=1S/C11H23N2O5P/c12-6-3-1-2-4-11(14)13-7-5-10(8-13)9-18-19(15,16)17/h10H,1-9,12H2,(H2,15,16,17). The van der Waals surface area contributed by atoms with Crippen molar-refractivity contribution in [1.29, 1.82) is 0 Å². The largest absolute Gasteiger partial charge is 0.756 e. The molecule has 1 aliphatic heterocycles. The number of amides is 1. The second-order valence-electron chi connectivity index (χ2n) is 4.92. The van der Waals surface area contributed by atoms with Crippen LogP contribution < -0.4 is 10.6 Å². The molecular formula is C11H23N2O5P.